The van der Waals surface area contributed by atoms with E-state index in [0.29, 0.717) is 12.1 Å². The van der Waals surface area contributed by atoms with Crippen molar-refractivity contribution in [3.8, 4) is 5.75 Å². The van der Waals surface area contributed by atoms with E-state index in [0.717, 1.165) is 36.3 Å². The van der Waals surface area contributed by atoms with Crippen molar-refractivity contribution in [2.24, 2.45) is 0 Å². The Kier molecular flexibility index (Phi) is 4.98. The van der Waals surface area contributed by atoms with Crippen molar-refractivity contribution in [2.45, 2.75) is 45.6 Å². The van der Waals surface area contributed by atoms with Crippen molar-refractivity contribution in [1.82, 2.24) is 4.98 Å². The Morgan fingerprint density at radius 3 is 2.57 bits per heavy atom. The minimum absolute atomic E-state index is 0.474. The predicted octanol–water partition coefficient (Wildman–Crippen LogP) is 1.78. The fourth-order valence-corrected chi connectivity index (χ4v) is 2.98. The highest BCUT2D eigenvalue weighted by Gasteiger charge is 2.17. The van der Waals surface area contributed by atoms with Gasteiger partial charge in [0.05, 0.1) is 0 Å². The molecule has 1 aliphatic rings. The number of rotatable bonds is 5. The van der Waals surface area contributed by atoms with E-state index in [4.69, 9.17) is 19.8 Å². The first-order valence-corrected chi connectivity index (χ1v) is 8.27. The predicted molar refractivity (Wildman–Crippen MR) is 90.9 cm³/mol. The van der Waals surface area contributed by atoms with Gasteiger partial charge in [0, 0.05) is 23.0 Å². The van der Waals surface area contributed by atoms with Gasteiger partial charge in [-0.3, -0.25) is 4.98 Å². The third-order valence-corrected chi connectivity index (χ3v) is 4.35. The standard InChI is InChI=1S/C18H22BNO3/c1-2-15-11-18(16-5-3-4-6-17(16)20-15)23-12-13-7-9-14(10-8-13)19(21)22/h7-11,21-22H,2-6,12H2,1H3. The summed E-state index contributed by atoms with van der Waals surface area (Å²) in [5, 5.41) is 18.3. The van der Waals surface area contributed by atoms with Crippen molar-refractivity contribution in [3.05, 3.63) is 52.8 Å². The maximum absolute atomic E-state index is 9.13. The largest absolute Gasteiger partial charge is 0.488 e. The summed E-state index contributed by atoms with van der Waals surface area (Å²) in [6.07, 6.45) is 5.39. The van der Waals surface area contributed by atoms with Gasteiger partial charge in [0.15, 0.2) is 0 Å². The molecule has 0 amide bonds. The average Bonchev–Trinajstić information content (AvgIpc) is 2.59. The van der Waals surface area contributed by atoms with Crippen molar-refractivity contribution < 1.29 is 14.8 Å². The van der Waals surface area contributed by atoms with Crippen LogP contribution in [-0.2, 0) is 25.9 Å². The zero-order valence-corrected chi connectivity index (χ0v) is 13.5. The van der Waals surface area contributed by atoms with Crippen LogP contribution in [0.25, 0.3) is 0 Å². The van der Waals surface area contributed by atoms with Crippen LogP contribution in [0.3, 0.4) is 0 Å². The van der Waals surface area contributed by atoms with Crippen LogP contribution in [0.5, 0.6) is 5.75 Å². The third kappa shape index (κ3) is 3.74. The zero-order valence-electron chi connectivity index (χ0n) is 13.5. The van der Waals surface area contributed by atoms with E-state index in [1.807, 2.05) is 12.1 Å². The van der Waals surface area contributed by atoms with Crippen LogP contribution in [0.1, 0.15) is 42.3 Å². The molecule has 0 spiro atoms. The van der Waals surface area contributed by atoms with E-state index < -0.39 is 7.12 Å². The lowest BCUT2D eigenvalue weighted by molar-refractivity contribution is 0.300. The molecule has 0 bridgehead atoms. The van der Waals surface area contributed by atoms with Gasteiger partial charge >= 0.3 is 7.12 Å². The van der Waals surface area contributed by atoms with Gasteiger partial charge in [-0.15, -0.1) is 0 Å². The molecule has 3 rings (SSSR count). The fraction of sp³-hybridized carbons (Fsp3) is 0.389. The minimum atomic E-state index is -1.43. The van der Waals surface area contributed by atoms with E-state index in [-0.39, 0.29) is 0 Å². The Hall–Kier alpha value is -1.85. The van der Waals surface area contributed by atoms with Gasteiger partial charge in [-0.2, -0.15) is 0 Å². The SMILES string of the molecule is CCc1cc(OCc2ccc(B(O)O)cc2)c2c(n1)CCCC2. The summed E-state index contributed by atoms with van der Waals surface area (Å²) < 4.78 is 6.07. The summed E-state index contributed by atoms with van der Waals surface area (Å²) in [6.45, 7) is 2.58. The number of aryl methyl sites for hydroxylation is 2. The molecular formula is C18H22BNO3. The van der Waals surface area contributed by atoms with Gasteiger partial charge in [0.25, 0.3) is 0 Å². The highest BCUT2D eigenvalue weighted by Crippen LogP contribution is 2.30. The monoisotopic (exact) mass is 311 g/mol. The summed E-state index contributed by atoms with van der Waals surface area (Å²) in [6, 6.07) is 9.22. The Balaban J connectivity index is 1.77. The molecule has 120 valence electrons. The Labute approximate surface area is 137 Å². The van der Waals surface area contributed by atoms with Gasteiger partial charge in [-0.05, 0) is 43.1 Å². The normalized spacial score (nSPS) is 13.5. The van der Waals surface area contributed by atoms with Gasteiger partial charge in [0.1, 0.15) is 12.4 Å². The second-order valence-corrected chi connectivity index (χ2v) is 6.00. The molecule has 0 unspecified atom stereocenters. The number of aromatic nitrogens is 1. The molecule has 1 aliphatic carbocycles. The lowest BCUT2D eigenvalue weighted by atomic mass is 9.80. The van der Waals surface area contributed by atoms with E-state index in [1.54, 1.807) is 12.1 Å². The molecule has 2 aromatic rings. The Morgan fingerprint density at radius 1 is 1.13 bits per heavy atom. The smallest absolute Gasteiger partial charge is 0.488 e. The molecule has 0 fully saturated rings. The van der Waals surface area contributed by atoms with Gasteiger partial charge in [-0.1, -0.05) is 31.2 Å². The zero-order chi connectivity index (χ0) is 16.2. The molecule has 0 atom stereocenters. The van der Waals surface area contributed by atoms with Gasteiger partial charge < -0.3 is 14.8 Å². The molecule has 2 N–H and O–H groups in total. The molecule has 23 heavy (non-hydrogen) atoms. The first kappa shape index (κ1) is 16.0. The molecule has 1 aromatic heterocycles. The van der Waals surface area contributed by atoms with E-state index in [2.05, 4.69) is 13.0 Å². The fourth-order valence-electron chi connectivity index (χ4n) is 2.98. The number of hydrogen-bond acceptors (Lipinski definition) is 4. The van der Waals surface area contributed by atoms with Crippen LogP contribution < -0.4 is 10.2 Å². The van der Waals surface area contributed by atoms with Crippen LogP contribution in [0, 0.1) is 0 Å². The molecule has 0 aliphatic heterocycles. The number of hydrogen-bond donors (Lipinski definition) is 2. The first-order chi connectivity index (χ1) is 11.2. The highest BCUT2D eigenvalue weighted by atomic mass is 16.5. The van der Waals surface area contributed by atoms with Gasteiger partial charge in [-0.25, -0.2) is 0 Å². The lowest BCUT2D eigenvalue weighted by Crippen LogP contribution is -2.29. The highest BCUT2D eigenvalue weighted by molar-refractivity contribution is 6.58. The number of nitrogens with zero attached hydrogens (tertiary/aromatic N) is 1. The van der Waals surface area contributed by atoms with Crippen molar-refractivity contribution in [3.63, 3.8) is 0 Å². The van der Waals surface area contributed by atoms with Gasteiger partial charge in [0.2, 0.25) is 0 Å². The molecule has 1 heterocycles. The summed E-state index contributed by atoms with van der Waals surface area (Å²) in [7, 11) is -1.43. The Bertz CT molecular complexity index is 671. The van der Waals surface area contributed by atoms with Crippen LogP contribution in [0.15, 0.2) is 30.3 Å². The maximum Gasteiger partial charge on any atom is 0.488 e. The lowest BCUT2D eigenvalue weighted by Gasteiger charge is -2.20. The molecule has 1 aromatic carbocycles. The van der Waals surface area contributed by atoms with Crippen LogP contribution >= 0.6 is 0 Å². The van der Waals surface area contributed by atoms with Crippen molar-refractivity contribution in [2.75, 3.05) is 0 Å². The van der Waals surface area contributed by atoms with Crippen LogP contribution in [0.2, 0.25) is 0 Å². The van der Waals surface area contributed by atoms with E-state index in [9.17, 15) is 0 Å². The second kappa shape index (κ2) is 7.15. The number of ether oxygens (including phenoxy) is 1. The molecule has 0 radical (unpaired) electrons. The average molecular weight is 311 g/mol. The van der Waals surface area contributed by atoms with Crippen molar-refractivity contribution in [1.29, 1.82) is 0 Å². The topological polar surface area (TPSA) is 62.6 Å². The Morgan fingerprint density at radius 2 is 1.87 bits per heavy atom. The first-order valence-electron chi connectivity index (χ1n) is 8.27. The van der Waals surface area contributed by atoms with E-state index in [1.165, 1.54) is 24.1 Å². The molecule has 0 saturated heterocycles. The molecule has 4 nitrogen and oxygen atoms in total. The van der Waals surface area contributed by atoms with E-state index >= 15 is 0 Å². The summed E-state index contributed by atoms with van der Waals surface area (Å²) in [5.74, 6) is 0.956. The van der Waals surface area contributed by atoms with Crippen molar-refractivity contribution >= 4 is 12.6 Å². The summed E-state index contributed by atoms with van der Waals surface area (Å²) in [4.78, 5) is 4.74. The molecule has 0 saturated carbocycles. The maximum atomic E-state index is 9.13. The number of fused-ring (bicyclic) bond motifs is 1. The molecular weight excluding hydrogens is 289 g/mol. The number of benzene rings is 1. The minimum Gasteiger partial charge on any atom is -0.488 e. The summed E-state index contributed by atoms with van der Waals surface area (Å²) >= 11 is 0. The number of pyridine rings is 1. The third-order valence-electron chi connectivity index (χ3n) is 4.35. The van der Waals surface area contributed by atoms with Crippen LogP contribution in [-0.4, -0.2) is 22.2 Å². The second-order valence-electron chi connectivity index (χ2n) is 6.00. The summed E-state index contributed by atoms with van der Waals surface area (Å²) in [5.41, 5.74) is 5.04. The quantitative estimate of drug-likeness (QED) is 0.826. The molecule has 5 heteroatoms. The van der Waals surface area contributed by atoms with Crippen LogP contribution in [0.4, 0.5) is 0 Å².